The van der Waals surface area contributed by atoms with Crippen molar-refractivity contribution >= 4 is 38.6 Å². The monoisotopic (exact) mass is 801 g/mol. The van der Waals surface area contributed by atoms with Crippen LogP contribution in [0.4, 0.5) is 17.1 Å². The third-order valence-electron chi connectivity index (χ3n) is 12.3. The van der Waals surface area contributed by atoms with Gasteiger partial charge in [0, 0.05) is 17.1 Å². The van der Waals surface area contributed by atoms with Crippen molar-refractivity contribution in [2.45, 2.75) is 0 Å². The van der Waals surface area contributed by atoms with Crippen LogP contribution < -0.4 is 4.90 Å². The van der Waals surface area contributed by atoms with Crippen molar-refractivity contribution in [3.05, 3.63) is 261 Å². The molecule has 11 rings (SSSR count). The summed E-state index contributed by atoms with van der Waals surface area (Å²) in [6.45, 7) is 0. The summed E-state index contributed by atoms with van der Waals surface area (Å²) in [6, 6.07) is 94.6. The highest BCUT2D eigenvalue weighted by atomic mass is 15.1. The smallest absolute Gasteiger partial charge is 0.0462 e. The van der Waals surface area contributed by atoms with E-state index in [1.807, 2.05) is 0 Å². The van der Waals surface area contributed by atoms with Crippen molar-refractivity contribution in [1.29, 1.82) is 0 Å². The standard InChI is InChI=1S/C62H43N/c1-6-21-47(22-7-1)58-57-35-19-34-56(62(57)61(50-27-12-4-13-28-50)60(49-25-10-3-11-26-49)59(58)48-23-8-2-9-24-48)46-38-42-53(43-39-46)63(51-30-14-5-15-31-51)52-40-36-45(37-41-52)55-33-18-29-44-20-16-17-32-54(44)55/h1-43H. The molecule has 0 fully saturated rings. The number of nitrogens with zero attached hydrogens (tertiary/aromatic N) is 1. The molecule has 0 aliphatic carbocycles. The molecule has 0 saturated carbocycles. The maximum Gasteiger partial charge on any atom is 0.0462 e. The minimum atomic E-state index is 1.09. The summed E-state index contributed by atoms with van der Waals surface area (Å²) in [5.41, 5.74) is 17.8. The molecule has 0 spiro atoms. The van der Waals surface area contributed by atoms with E-state index in [1.54, 1.807) is 0 Å². The van der Waals surface area contributed by atoms with Gasteiger partial charge in [-0.1, -0.05) is 224 Å². The molecular weight excluding hydrogens is 759 g/mol. The molecule has 0 aliphatic heterocycles. The molecule has 11 aromatic carbocycles. The molecule has 0 unspecified atom stereocenters. The van der Waals surface area contributed by atoms with Crippen molar-refractivity contribution < 1.29 is 0 Å². The highest BCUT2D eigenvalue weighted by Gasteiger charge is 2.26. The van der Waals surface area contributed by atoms with Crippen LogP contribution in [0.1, 0.15) is 0 Å². The largest absolute Gasteiger partial charge is 0.311 e. The van der Waals surface area contributed by atoms with E-state index < -0.39 is 0 Å². The fourth-order valence-corrected chi connectivity index (χ4v) is 9.45. The third-order valence-corrected chi connectivity index (χ3v) is 12.3. The van der Waals surface area contributed by atoms with Gasteiger partial charge < -0.3 is 4.90 Å². The Kier molecular flexibility index (Phi) is 9.97. The molecule has 0 N–H and O–H groups in total. The zero-order valence-corrected chi connectivity index (χ0v) is 34.8. The van der Waals surface area contributed by atoms with Crippen molar-refractivity contribution in [2.24, 2.45) is 0 Å². The number of para-hydroxylation sites is 1. The molecule has 0 heterocycles. The van der Waals surface area contributed by atoms with Crippen LogP contribution in [0, 0.1) is 0 Å². The van der Waals surface area contributed by atoms with Gasteiger partial charge in [0.05, 0.1) is 0 Å². The van der Waals surface area contributed by atoms with Gasteiger partial charge in [-0.25, -0.2) is 0 Å². The third kappa shape index (κ3) is 7.06. The SMILES string of the molecule is c1ccc(-c2c(-c3ccccc3)c(-c3ccccc3)c3c(-c4ccc(N(c5ccccc5)c5ccc(-c6cccc7ccccc67)cc5)cc4)cccc3c2-c2ccccc2)cc1. The number of hydrogen-bond acceptors (Lipinski definition) is 1. The predicted molar refractivity (Wildman–Crippen MR) is 269 cm³/mol. The van der Waals surface area contributed by atoms with Gasteiger partial charge in [0.15, 0.2) is 0 Å². The highest BCUT2D eigenvalue weighted by Crippen LogP contribution is 2.53. The van der Waals surface area contributed by atoms with E-state index in [0.717, 1.165) is 22.6 Å². The lowest BCUT2D eigenvalue weighted by atomic mass is 9.77. The van der Waals surface area contributed by atoms with E-state index in [-0.39, 0.29) is 0 Å². The van der Waals surface area contributed by atoms with Crippen LogP contribution in [0.15, 0.2) is 261 Å². The average Bonchev–Trinajstić information content (AvgIpc) is 3.37. The summed E-state index contributed by atoms with van der Waals surface area (Å²) >= 11 is 0. The molecule has 63 heavy (non-hydrogen) atoms. The second-order valence-electron chi connectivity index (χ2n) is 16.0. The van der Waals surface area contributed by atoms with Crippen LogP contribution in [-0.2, 0) is 0 Å². The summed E-state index contributed by atoms with van der Waals surface area (Å²) in [4.78, 5) is 2.35. The summed E-state index contributed by atoms with van der Waals surface area (Å²) in [5, 5.41) is 4.96. The molecular formula is C62H43N. The van der Waals surface area contributed by atoms with Crippen LogP contribution in [0.2, 0.25) is 0 Å². The van der Waals surface area contributed by atoms with Crippen LogP contribution >= 0.6 is 0 Å². The van der Waals surface area contributed by atoms with Gasteiger partial charge >= 0.3 is 0 Å². The maximum absolute atomic E-state index is 2.35. The Morgan fingerprint density at radius 2 is 0.571 bits per heavy atom. The minimum Gasteiger partial charge on any atom is -0.311 e. The number of benzene rings is 11. The first kappa shape index (κ1) is 37.7. The number of rotatable bonds is 9. The zero-order valence-electron chi connectivity index (χ0n) is 34.8. The van der Waals surface area contributed by atoms with Crippen LogP contribution in [0.3, 0.4) is 0 Å². The second-order valence-corrected chi connectivity index (χ2v) is 16.0. The van der Waals surface area contributed by atoms with Crippen molar-refractivity contribution in [1.82, 2.24) is 0 Å². The second kappa shape index (κ2) is 16.7. The number of hydrogen-bond donors (Lipinski definition) is 0. The van der Waals surface area contributed by atoms with E-state index in [9.17, 15) is 0 Å². The number of fused-ring (bicyclic) bond motifs is 2. The average molecular weight is 802 g/mol. The topological polar surface area (TPSA) is 3.24 Å². The Hall–Kier alpha value is -8.26. The van der Waals surface area contributed by atoms with Crippen LogP contribution in [-0.4, -0.2) is 0 Å². The molecule has 1 heteroatoms. The Morgan fingerprint density at radius 1 is 0.206 bits per heavy atom. The maximum atomic E-state index is 2.35. The van der Waals surface area contributed by atoms with Crippen LogP contribution in [0.25, 0.3) is 88.3 Å². The Balaban J connectivity index is 1.12. The minimum absolute atomic E-state index is 1.09. The van der Waals surface area contributed by atoms with Crippen molar-refractivity contribution in [3.8, 4) is 66.8 Å². The lowest BCUT2D eigenvalue weighted by Gasteiger charge is -2.27. The van der Waals surface area contributed by atoms with Gasteiger partial charge in [-0.05, 0) is 125 Å². The summed E-state index contributed by atoms with van der Waals surface area (Å²) in [6.07, 6.45) is 0. The van der Waals surface area contributed by atoms with Gasteiger partial charge in [-0.3, -0.25) is 0 Å². The van der Waals surface area contributed by atoms with Gasteiger partial charge in [0.1, 0.15) is 0 Å². The first-order valence-corrected chi connectivity index (χ1v) is 21.7. The normalized spacial score (nSPS) is 11.2. The Bertz CT molecular complexity index is 3320. The molecule has 11 aromatic rings. The summed E-state index contributed by atoms with van der Waals surface area (Å²) in [5.74, 6) is 0. The molecule has 0 aromatic heterocycles. The lowest BCUT2D eigenvalue weighted by Crippen LogP contribution is -2.09. The van der Waals surface area contributed by atoms with E-state index in [2.05, 4.69) is 266 Å². The molecule has 0 bridgehead atoms. The quantitative estimate of drug-likeness (QED) is 0.141. The molecule has 296 valence electrons. The highest BCUT2D eigenvalue weighted by molar-refractivity contribution is 6.22. The first-order chi connectivity index (χ1) is 31.3. The molecule has 0 aliphatic rings. The molecule has 0 atom stereocenters. The van der Waals surface area contributed by atoms with Gasteiger partial charge in [0.25, 0.3) is 0 Å². The zero-order chi connectivity index (χ0) is 42.0. The summed E-state index contributed by atoms with van der Waals surface area (Å²) in [7, 11) is 0. The molecule has 0 amide bonds. The van der Waals surface area contributed by atoms with Gasteiger partial charge in [0.2, 0.25) is 0 Å². The van der Waals surface area contributed by atoms with E-state index in [4.69, 9.17) is 0 Å². The molecule has 0 radical (unpaired) electrons. The first-order valence-electron chi connectivity index (χ1n) is 21.7. The molecule has 1 nitrogen and oxygen atoms in total. The lowest BCUT2D eigenvalue weighted by molar-refractivity contribution is 1.28. The predicted octanol–water partition coefficient (Wildman–Crippen LogP) is 17.5. The fourth-order valence-electron chi connectivity index (χ4n) is 9.45. The van der Waals surface area contributed by atoms with Crippen LogP contribution in [0.5, 0.6) is 0 Å². The Morgan fingerprint density at radius 3 is 1.13 bits per heavy atom. The van der Waals surface area contributed by atoms with Gasteiger partial charge in [-0.2, -0.15) is 0 Å². The van der Waals surface area contributed by atoms with Crippen molar-refractivity contribution in [3.63, 3.8) is 0 Å². The Labute approximate surface area is 369 Å². The fraction of sp³-hybridized carbons (Fsp3) is 0. The summed E-state index contributed by atoms with van der Waals surface area (Å²) < 4.78 is 0. The van der Waals surface area contributed by atoms with E-state index in [1.165, 1.54) is 82.7 Å². The van der Waals surface area contributed by atoms with Crippen molar-refractivity contribution in [2.75, 3.05) is 4.90 Å². The number of anilines is 3. The van der Waals surface area contributed by atoms with Gasteiger partial charge in [-0.15, -0.1) is 0 Å². The van der Waals surface area contributed by atoms with E-state index >= 15 is 0 Å². The molecule has 0 saturated heterocycles. The van der Waals surface area contributed by atoms with E-state index in [0.29, 0.717) is 0 Å².